The van der Waals surface area contributed by atoms with Crippen molar-refractivity contribution in [2.24, 2.45) is 5.73 Å². The average molecular weight is 374 g/mol. The summed E-state index contributed by atoms with van der Waals surface area (Å²) in [5.41, 5.74) is 8.08. The van der Waals surface area contributed by atoms with Crippen molar-refractivity contribution in [1.82, 2.24) is 9.55 Å². The van der Waals surface area contributed by atoms with E-state index in [-0.39, 0.29) is 16.8 Å². The maximum Gasteiger partial charge on any atom is 0.338 e. The Kier molecular flexibility index (Phi) is 5.23. The zero-order valence-corrected chi connectivity index (χ0v) is 15.5. The zero-order chi connectivity index (χ0) is 20.3. The van der Waals surface area contributed by atoms with Crippen molar-refractivity contribution in [3.63, 3.8) is 0 Å². The molecule has 3 aromatic rings. The van der Waals surface area contributed by atoms with E-state index in [0.29, 0.717) is 5.52 Å². The number of hydrogen-bond donors (Lipinski definition) is 1. The molecule has 0 bridgehead atoms. The van der Waals surface area contributed by atoms with Crippen molar-refractivity contribution in [2.45, 2.75) is 13.8 Å². The predicted molar refractivity (Wildman–Crippen MR) is 104 cm³/mol. The molecular formula is C21H18N4O3. The lowest BCUT2D eigenvalue weighted by molar-refractivity contribution is -0.118. The topological polar surface area (TPSA) is 111 Å². The van der Waals surface area contributed by atoms with Crippen LogP contribution in [0, 0.1) is 18.3 Å². The van der Waals surface area contributed by atoms with E-state index in [9.17, 15) is 9.59 Å². The number of esters is 1. The summed E-state index contributed by atoms with van der Waals surface area (Å²) in [6, 6.07) is 16.5. The SMILES string of the molecule is C/C(N)=C(\C#N)C(=O)COC(=O)c1ccc2c(c1)nc(C)n2-c1ccccc1. The maximum absolute atomic E-state index is 12.3. The second-order valence-corrected chi connectivity index (χ2v) is 6.20. The number of ketones is 1. The number of benzene rings is 2. The van der Waals surface area contributed by atoms with Crippen molar-refractivity contribution in [3.05, 3.63) is 71.2 Å². The lowest BCUT2D eigenvalue weighted by atomic mass is 10.1. The number of carbonyl (C=O) groups is 2. The van der Waals surface area contributed by atoms with E-state index in [2.05, 4.69) is 4.98 Å². The number of nitrogens with two attached hydrogens (primary N) is 1. The minimum absolute atomic E-state index is 0.0897. The van der Waals surface area contributed by atoms with Gasteiger partial charge in [-0.1, -0.05) is 18.2 Å². The molecular weight excluding hydrogens is 356 g/mol. The Morgan fingerprint density at radius 3 is 2.57 bits per heavy atom. The van der Waals surface area contributed by atoms with Crippen molar-refractivity contribution < 1.29 is 14.3 Å². The van der Waals surface area contributed by atoms with Crippen LogP contribution in [0.1, 0.15) is 23.1 Å². The third kappa shape index (κ3) is 3.62. The van der Waals surface area contributed by atoms with Gasteiger partial charge in [0.1, 0.15) is 17.5 Å². The first-order chi connectivity index (χ1) is 13.4. The van der Waals surface area contributed by atoms with Gasteiger partial charge in [-0.2, -0.15) is 5.26 Å². The predicted octanol–water partition coefficient (Wildman–Crippen LogP) is 2.82. The number of rotatable bonds is 5. The molecule has 28 heavy (non-hydrogen) atoms. The number of aromatic nitrogens is 2. The molecule has 3 rings (SSSR count). The van der Waals surface area contributed by atoms with Crippen LogP contribution in [0.25, 0.3) is 16.7 Å². The number of aryl methyl sites for hydroxylation is 1. The van der Waals surface area contributed by atoms with Crippen LogP contribution in [-0.2, 0) is 9.53 Å². The number of allylic oxidation sites excluding steroid dienone is 1. The summed E-state index contributed by atoms with van der Waals surface area (Å²) in [7, 11) is 0. The first kappa shape index (κ1) is 18.9. The molecule has 0 spiro atoms. The summed E-state index contributed by atoms with van der Waals surface area (Å²) in [4.78, 5) is 28.7. The normalized spacial score (nSPS) is 11.6. The first-order valence-corrected chi connectivity index (χ1v) is 8.53. The molecule has 0 aliphatic heterocycles. The Labute approximate surface area is 161 Å². The highest BCUT2D eigenvalue weighted by atomic mass is 16.5. The molecule has 140 valence electrons. The lowest BCUT2D eigenvalue weighted by Gasteiger charge is -2.07. The van der Waals surface area contributed by atoms with E-state index < -0.39 is 18.4 Å². The smallest absolute Gasteiger partial charge is 0.338 e. The van der Waals surface area contributed by atoms with Crippen molar-refractivity contribution >= 4 is 22.8 Å². The van der Waals surface area contributed by atoms with Crippen LogP contribution in [0.3, 0.4) is 0 Å². The average Bonchev–Trinajstić information content (AvgIpc) is 3.01. The number of imidazole rings is 1. The third-order valence-electron chi connectivity index (χ3n) is 4.19. The Morgan fingerprint density at radius 1 is 1.21 bits per heavy atom. The van der Waals surface area contributed by atoms with Crippen LogP contribution in [0.4, 0.5) is 0 Å². The van der Waals surface area contributed by atoms with Gasteiger partial charge < -0.3 is 10.5 Å². The molecule has 7 heteroatoms. The highest BCUT2D eigenvalue weighted by Gasteiger charge is 2.17. The fourth-order valence-corrected chi connectivity index (χ4v) is 2.89. The Morgan fingerprint density at radius 2 is 1.93 bits per heavy atom. The summed E-state index contributed by atoms with van der Waals surface area (Å²) < 4.78 is 7.02. The van der Waals surface area contributed by atoms with E-state index in [1.54, 1.807) is 24.3 Å². The van der Waals surface area contributed by atoms with Crippen molar-refractivity contribution in [3.8, 4) is 11.8 Å². The number of nitrogens with zero attached hydrogens (tertiary/aromatic N) is 3. The van der Waals surface area contributed by atoms with E-state index in [1.807, 2.05) is 41.8 Å². The molecule has 0 saturated heterocycles. The van der Waals surface area contributed by atoms with Gasteiger partial charge in [0.05, 0.1) is 16.6 Å². The van der Waals surface area contributed by atoms with Crippen LogP contribution in [-0.4, -0.2) is 27.9 Å². The molecule has 0 atom stereocenters. The number of para-hydroxylation sites is 1. The third-order valence-corrected chi connectivity index (χ3v) is 4.19. The fraction of sp³-hybridized carbons (Fsp3) is 0.143. The van der Waals surface area contributed by atoms with Gasteiger partial charge in [-0.05, 0) is 44.2 Å². The van der Waals surface area contributed by atoms with Crippen molar-refractivity contribution in [1.29, 1.82) is 5.26 Å². The molecule has 7 nitrogen and oxygen atoms in total. The molecule has 0 saturated carbocycles. The van der Waals surface area contributed by atoms with Crippen LogP contribution >= 0.6 is 0 Å². The van der Waals surface area contributed by atoms with Gasteiger partial charge in [0, 0.05) is 11.4 Å². The van der Waals surface area contributed by atoms with Crippen LogP contribution < -0.4 is 5.73 Å². The monoisotopic (exact) mass is 374 g/mol. The molecule has 1 heterocycles. The number of Topliss-reactive ketones (excluding diaryl/α,β-unsaturated/α-hetero) is 1. The number of ether oxygens (including phenoxy) is 1. The molecule has 0 aliphatic rings. The van der Waals surface area contributed by atoms with Crippen LogP contribution in [0.2, 0.25) is 0 Å². The maximum atomic E-state index is 12.3. The quantitative estimate of drug-likeness (QED) is 0.418. The summed E-state index contributed by atoms with van der Waals surface area (Å²) in [5.74, 6) is -0.528. The largest absolute Gasteiger partial charge is 0.454 e. The van der Waals surface area contributed by atoms with Gasteiger partial charge in [-0.15, -0.1) is 0 Å². The second kappa shape index (κ2) is 7.76. The molecule has 0 unspecified atom stereocenters. The molecule has 0 fully saturated rings. The highest BCUT2D eigenvalue weighted by molar-refractivity contribution is 6.02. The minimum Gasteiger partial charge on any atom is -0.454 e. The van der Waals surface area contributed by atoms with Gasteiger partial charge in [0.25, 0.3) is 0 Å². The second-order valence-electron chi connectivity index (χ2n) is 6.20. The zero-order valence-electron chi connectivity index (χ0n) is 15.5. The Hall–Kier alpha value is -3.92. The summed E-state index contributed by atoms with van der Waals surface area (Å²) >= 11 is 0. The van der Waals surface area contributed by atoms with Gasteiger partial charge in [0.15, 0.2) is 6.61 Å². The minimum atomic E-state index is -0.672. The molecule has 2 aromatic carbocycles. The molecule has 2 N–H and O–H groups in total. The van der Waals surface area contributed by atoms with Gasteiger partial charge in [0.2, 0.25) is 5.78 Å². The van der Waals surface area contributed by atoms with Crippen LogP contribution in [0.5, 0.6) is 0 Å². The Balaban J connectivity index is 1.84. The molecule has 0 aliphatic carbocycles. The first-order valence-electron chi connectivity index (χ1n) is 8.53. The van der Waals surface area contributed by atoms with Gasteiger partial charge >= 0.3 is 5.97 Å². The van der Waals surface area contributed by atoms with Gasteiger partial charge in [-0.25, -0.2) is 9.78 Å². The fourth-order valence-electron chi connectivity index (χ4n) is 2.89. The van der Waals surface area contributed by atoms with Gasteiger partial charge in [-0.3, -0.25) is 9.36 Å². The number of nitriles is 1. The standard InChI is InChI=1S/C21H18N4O3/c1-13(23)17(11-22)20(26)12-28-21(27)15-8-9-19-18(10-15)24-14(2)25(19)16-6-4-3-5-7-16/h3-10H,12,23H2,1-2H3/b17-13-. The summed E-state index contributed by atoms with van der Waals surface area (Å²) in [6.45, 7) is 2.78. The molecule has 0 amide bonds. The van der Waals surface area contributed by atoms with E-state index in [1.165, 1.54) is 6.92 Å². The van der Waals surface area contributed by atoms with E-state index >= 15 is 0 Å². The molecule has 0 radical (unpaired) electrons. The summed E-state index contributed by atoms with van der Waals surface area (Å²) in [5, 5.41) is 8.93. The van der Waals surface area contributed by atoms with E-state index in [0.717, 1.165) is 17.0 Å². The number of fused-ring (bicyclic) bond motifs is 1. The Bertz CT molecular complexity index is 1130. The number of hydrogen-bond acceptors (Lipinski definition) is 6. The number of carbonyl (C=O) groups excluding carboxylic acids is 2. The van der Waals surface area contributed by atoms with Crippen molar-refractivity contribution in [2.75, 3.05) is 6.61 Å². The summed E-state index contributed by atoms with van der Waals surface area (Å²) in [6.07, 6.45) is 0. The molecule has 1 aromatic heterocycles. The van der Waals surface area contributed by atoms with E-state index in [4.69, 9.17) is 15.7 Å². The highest BCUT2D eigenvalue weighted by Crippen LogP contribution is 2.22. The van der Waals surface area contributed by atoms with Crippen LogP contribution in [0.15, 0.2) is 59.8 Å². The lowest BCUT2D eigenvalue weighted by Crippen LogP contribution is -2.17.